The van der Waals surface area contributed by atoms with E-state index in [1.54, 1.807) is 31.6 Å². The number of carbonyl (C=O) groups excluding carboxylic acids is 1. The second kappa shape index (κ2) is 13.8. The maximum absolute atomic E-state index is 11.4. The molecule has 2 unspecified atom stereocenters. The molecule has 0 bridgehead atoms. The van der Waals surface area contributed by atoms with Gasteiger partial charge in [-0.15, -0.1) is 0 Å². The van der Waals surface area contributed by atoms with Crippen molar-refractivity contribution in [1.29, 1.82) is 0 Å². The Labute approximate surface area is 250 Å². The number of alkyl carbamates (subject to hydrolysis) is 1. The number of amides is 1. The molecule has 0 aliphatic carbocycles. The van der Waals surface area contributed by atoms with Gasteiger partial charge in [0.2, 0.25) is 5.79 Å². The SMILES string of the molecule is CCOC(=O)NCCN1CCN(c2ccc(OCC3COC(Cn4ccnc4)(c4ccc(Cl)cc4Cl)O3)cc2)CC1. The lowest BCUT2D eigenvalue weighted by Crippen LogP contribution is -2.48. The number of anilines is 1. The third-order valence-corrected chi connectivity index (χ3v) is 7.68. The van der Waals surface area contributed by atoms with E-state index in [1.165, 1.54) is 0 Å². The maximum Gasteiger partial charge on any atom is 0.407 e. The quantitative estimate of drug-likeness (QED) is 0.345. The predicted octanol–water partition coefficient (Wildman–Crippen LogP) is 4.41. The van der Waals surface area contributed by atoms with Gasteiger partial charge in [-0.2, -0.15) is 0 Å². The summed E-state index contributed by atoms with van der Waals surface area (Å²) in [5, 5.41) is 3.80. The zero-order valence-corrected chi connectivity index (χ0v) is 24.5. The Bertz CT molecular complexity index is 1270. The fourth-order valence-electron chi connectivity index (χ4n) is 5.05. The van der Waals surface area contributed by atoms with Gasteiger partial charge in [-0.25, -0.2) is 9.78 Å². The Kier molecular flexibility index (Phi) is 9.89. The van der Waals surface area contributed by atoms with E-state index in [4.69, 9.17) is 42.1 Å². The first-order chi connectivity index (χ1) is 19.9. The number of piperazine rings is 1. The number of hydrogen-bond donors (Lipinski definition) is 1. The maximum atomic E-state index is 11.4. The number of carbonyl (C=O) groups is 1. The third kappa shape index (κ3) is 7.64. The number of ether oxygens (including phenoxy) is 4. The molecule has 2 saturated heterocycles. The average molecular weight is 605 g/mol. The molecule has 5 rings (SSSR count). The third-order valence-electron chi connectivity index (χ3n) is 7.13. The summed E-state index contributed by atoms with van der Waals surface area (Å²) in [6, 6.07) is 13.4. The summed E-state index contributed by atoms with van der Waals surface area (Å²) in [5.41, 5.74) is 1.86. The number of halogens is 2. The van der Waals surface area contributed by atoms with E-state index in [2.05, 4.69) is 32.2 Å². The van der Waals surface area contributed by atoms with Crippen LogP contribution in [-0.2, 0) is 26.5 Å². The van der Waals surface area contributed by atoms with Crippen molar-refractivity contribution in [3.63, 3.8) is 0 Å². The van der Waals surface area contributed by atoms with Crippen LogP contribution in [0.1, 0.15) is 12.5 Å². The summed E-state index contributed by atoms with van der Waals surface area (Å²) in [6.07, 6.45) is 4.62. The van der Waals surface area contributed by atoms with Crippen LogP contribution in [-0.4, -0.2) is 85.7 Å². The number of imidazole rings is 1. The summed E-state index contributed by atoms with van der Waals surface area (Å²) in [5.74, 6) is -0.324. The van der Waals surface area contributed by atoms with E-state index in [0.29, 0.717) is 48.5 Å². The van der Waals surface area contributed by atoms with Crippen molar-refractivity contribution in [1.82, 2.24) is 19.8 Å². The van der Waals surface area contributed by atoms with Crippen LogP contribution in [0.15, 0.2) is 61.2 Å². The fraction of sp³-hybridized carbons (Fsp3) is 0.448. The minimum absolute atomic E-state index is 0.295. The highest BCUT2D eigenvalue weighted by atomic mass is 35.5. The van der Waals surface area contributed by atoms with Gasteiger partial charge in [-0.1, -0.05) is 29.3 Å². The smallest absolute Gasteiger partial charge is 0.407 e. The molecule has 10 nitrogen and oxygen atoms in total. The summed E-state index contributed by atoms with van der Waals surface area (Å²) in [6.45, 7) is 8.32. The van der Waals surface area contributed by atoms with Crippen LogP contribution in [0.2, 0.25) is 10.0 Å². The Balaban J connectivity index is 1.12. The lowest BCUT2D eigenvalue weighted by Gasteiger charge is -2.36. The van der Waals surface area contributed by atoms with Gasteiger partial charge < -0.3 is 33.7 Å². The molecule has 1 N–H and O–H groups in total. The largest absolute Gasteiger partial charge is 0.491 e. The van der Waals surface area contributed by atoms with Crippen molar-refractivity contribution in [2.75, 3.05) is 64.0 Å². The molecule has 12 heteroatoms. The van der Waals surface area contributed by atoms with Gasteiger partial charge in [0.25, 0.3) is 0 Å². The van der Waals surface area contributed by atoms with Crippen LogP contribution in [0.5, 0.6) is 5.75 Å². The Morgan fingerprint density at radius 2 is 1.95 bits per heavy atom. The minimum Gasteiger partial charge on any atom is -0.491 e. The molecule has 0 spiro atoms. The van der Waals surface area contributed by atoms with Gasteiger partial charge in [-0.3, -0.25) is 4.90 Å². The lowest BCUT2D eigenvalue weighted by atomic mass is 10.1. The Hall–Kier alpha value is -3.02. The van der Waals surface area contributed by atoms with E-state index < -0.39 is 5.79 Å². The van der Waals surface area contributed by atoms with E-state index >= 15 is 0 Å². The molecule has 3 aromatic rings. The van der Waals surface area contributed by atoms with Crippen molar-refractivity contribution in [3.05, 3.63) is 76.8 Å². The zero-order chi connectivity index (χ0) is 28.7. The number of nitrogens with one attached hydrogen (secondary N) is 1. The molecule has 2 fully saturated rings. The van der Waals surface area contributed by atoms with Crippen LogP contribution >= 0.6 is 23.2 Å². The van der Waals surface area contributed by atoms with Gasteiger partial charge in [-0.05, 0) is 43.3 Å². The number of aromatic nitrogens is 2. The first kappa shape index (κ1) is 29.5. The lowest BCUT2D eigenvalue weighted by molar-refractivity contribution is -0.189. The summed E-state index contributed by atoms with van der Waals surface area (Å²) in [7, 11) is 0. The van der Waals surface area contributed by atoms with Crippen LogP contribution in [0, 0.1) is 0 Å². The molecule has 2 aromatic carbocycles. The van der Waals surface area contributed by atoms with Crippen LogP contribution in [0.25, 0.3) is 0 Å². The first-order valence-corrected chi connectivity index (χ1v) is 14.5. The Morgan fingerprint density at radius 1 is 1.15 bits per heavy atom. The zero-order valence-electron chi connectivity index (χ0n) is 23.0. The van der Waals surface area contributed by atoms with Gasteiger partial charge >= 0.3 is 6.09 Å². The topological polar surface area (TPSA) is 90.3 Å². The van der Waals surface area contributed by atoms with E-state index in [1.807, 2.05) is 29.0 Å². The molecule has 2 aliphatic heterocycles. The monoisotopic (exact) mass is 603 g/mol. The molecule has 1 aromatic heterocycles. The molecule has 1 amide bonds. The summed E-state index contributed by atoms with van der Waals surface area (Å²) in [4.78, 5) is 20.3. The number of nitrogens with zero attached hydrogens (tertiary/aromatic N) is 4. The first-order valence-electron chi connectivity index (χ1n) is 13.8. The minimum atomic E-state index is -1.09. The Morgan fingerprint density at radius 3 is 2.66 bits per heavy atom. The van der Waals surface area contributed by atoms with E-state index in [0.717, 1.165) is 44.2 Å². The highest BCUT2D eigenvalue weighted by Gasteiger charge is 2.45. The highest BCUT2D eigenvalue weighted by molar-refractivity contribution is 6.35. The van der Waals surface area contributed by atoms with Crippen LogP contribution in [0.4, 0.5) is 10.5 Å². The molecular formula is C29H35Cl2N5O5. The number of rotatable bonds is 11. The highest BCUT2D eigenvalue weighted by Crippen LogP contribution is 2.40. The summed E-state index contributed by atoms with van der Waals surface area (Å²) >= 11 is 12.7. The van der Waals surface area contributed by atoms with Crippen molar-refractivity contribution in [2.24, 2.45) is 0 Å². The van der Waals surface area contributed by atoms with Gasteiger partial charge in [0.05, 0.1) is 31.1 Å². The normalized spacial score (nSPS) is 21.1. The molecule has 41 heavy (non-hydrogen) atoms. The molecule has 0 radical (unpaired) electrons. The second-order valence-electron chi connectivity index (χ2n) is 9.94. The van der Waals surface area contributed by atoms with Gasteiger partial charge in [0.1, 0.15) is 18.5 Å². The van der Waals surface area contributed by atoms with Gasteiger partial charge in [0, 0.05) is 67.9 Å². The molecule has 3 heterocycles. The van der Waals surface area contributed by atoms with Crippen molar-refractivity contribution >= 4 is 35.0 Å². The molecule has 220 valence electrons. The number of benzene rings is 2. The van der Waals surface area contributed by atoms with Crippen molar-refractivity contribution in [2.45, 2.75) is 25.4 Å². The standard InChI is InChI=1S/C29H35Cl2N5O5/c1-2-38-28(37)33-10-12-34-13-15-36(16-14-34)23-4-6-24(7-5-23)39-18-25-19-40-29(41-25,20-35-11-9-32-21-35)26-8-3-22(30)17-27(26)31/h3-9,11,17,21,25H,2,10,12-16,18-20H2,1H3,(H,33,37). The fourth-order valence-corrected chi connectivity index (χ4v) is 5.60. The van der Waals surface area contributed by atoms with Crippen molar-refractivity contribution < 1.29 is 23.7 Å². The number of hydrogen-bond acceptors (Lipinski definition) is 8. The summed E-state index contributed by atoms with van der Waals surface area (Å²) < 4.78 is 25.6. The van der Waals surface area contributed by atoms with E-state index in [-0.39, 0.29) is 12.2 Å². The van der Waals surface area contributed by atoms with Crippen LogP contribution in [0.3, 0.4) is 0 Å². The molecule has 2 aliphatic rings. The average Bonchev–Trinajstić information content (AvgIpc) is 3.63. The van der Waals surface area contributed by atoms with Crippen LogP contribution < -0.4 is 15.0 Å². The molecular weight excluding hydrogens is 569 g/mol. The van der Waals surface area contributed by atoms with Crippen molar-refractivity contribution in [3.8, 4) is 5.75 Å². The van der Waals surface area contributed by atoms with Gasteiger partial charge in [0.15, 0.2) is 0 Å². The van der Waals surface area contributed by atoms with E-state index in [9.17, 15) is 4.79 Å². The second-order valence-corrected chi connectivity index (χ2v) is 10.8. The molecule has 2 atom stereocenters. The predicted molar refractivity (Wildman–Crippen MR) is 157 cm³/mol. The molecule has 0 saturated carbocycles.